The first-order valence-corrected chi connectivity index (χ1v) is 7.29. The molecule has 0 fully saturated rings. The van der Waals surface area contributed by atoms with Gasteiger partial charge in [0, 0.05) is 5.69 Å². The molecule has 0 radical (unpaired) electrons. The molecule has 0 bridgehead atoms. The number of unbranched alkanes of at least 4 members (excludes halogenated alkanes) is 1. The molecule has 108 valence electrons. The minimum absolute atomic E-state index is 0.385. The molecule has 1 aromatic heterocycles. The summed E-state index contributed by atoms with van der Waals surface area (Å²) in [5.74, 6) is 1.10. The number of aryl methyl sites for hydroxylation is 3. The second-order valence-electron chi connectivity index (χ2n) is 5.22. The number of hydrogen-bond acceptors (Lipinski definition) is 3. The zero-order valence-electron chi connectivity index (χ0n) is 12.8. The average molecular weight is 280 g/mol. The van der Waals surface area contributed by atoms with Crippen LogP contribution in [0.4, 0.5) is 0 Å². The van der Waals surface area contributed by atoms with Crippen molar-refractivity contribution in [1.82, 2.24) is 4.98 Å². The number of nitrogens with zero attached hydrogens (tertiary/aromatic N) is 2. The summed E-state index contributed by atoms with van der Waals surface area (Å²) in [6.07, 6.45) is 3.47. The van der Waals surface area contributed by atoms with Gasteiger partial charge in [-0.25, -0.2) is 4.98 Å². The molecular formula is C18H20N2O. The molecule has 0 atom stereocenters. The highest BCUT2D eigenvalue weighted by Crippen LogP contribution is 2.26. The van der Waals surface area contributed by atoms with Gasteiger partial charge in [0.25, 0.3) is 0 Å². The topological polar surface area (TPSA) is 45.9 Å². The van der Waals surface area contributed by atoms with Gasteiger partial charge in [-0.05, 0) is 56.0 Å². The Morgan fingerprint density at radius 2 is 1.90 bits per heavy atom. The van der Waals surface area contributed by atoms with Crippen LogP contribution >= 0.6 is 0 Å². The van der Waals surface area contributed by atoms with Gasteiger partial charge in [0.15, 0.2) is 0 Å². The molecule has 2 aromatic rings. The Kier molecular flexibility index (Phi) is 4.94. The molecule has 0 amide bonds. The van der Waals surface area contributed by atoms with Gasteiger partial charge in [-0.1, -0.05) is 25.5 Å². The highest BCUT2D eigenvalue weighted by atomic mass is 16.5. The van der Waals surface area contributed by atoms with Crippen molar-refractivity contribution in [1.29, 1.82) is 5.26 Å². The summed E-state index contributed by atoms with van der Waals surface area (Å²) in [7, 11) is 0. The third-order valence-electron chi connectivity index (χ3n) is 3.38. The van der Waals surface area contributed by atoms with Gasteiger partial charge in [0.05, 0.1) is 0 Å². The quantitative estimate of drug-likeness (QED) is 0.797. The van der Waals surface area contributed by atoms with E-state index in [1.807, 2.05) is 32.0 Å². The fourth-order valence-electron chi connectivity index (χ4n) is 2.23. The zero-order valence-corrected chi connectivity index (χ0v) is 12.8. The zero-order chi connectivity index (χ0) is 15.2. The van der Waals surface area contributed by atoms with Crippen LogP contribution in [0.3, 0.4) is 0 Å². The maximum atomic E-state index is 9.24. The minimum atomic E-state index is 0.385. The van der Waals surface area contributed by atoms with E-state index in [1.54, 1.807) is 0 Å². The van der Waals surface area contributed by atoms with Crippen LogP contribution in [-0.2, 0) is 6.42 Å². The first-order chi connectivity index (χ1) is 10.1. The number of ether oxygens (including phenoxy) is 1. The van der Waals surface area contributed by atoms with Crippen molar-refractivity contribution in [2.24, 2.45) is 0 Å². The van der Waals surface area contributed by atoms with Gasteiger partial charge in [-0.2, -0.15) is 5.26 Å². The summed E-state index contributed by atoms with van der Waals surface area (Å²) >= 11 is 0. The van der Waals surface area contributed by atoms with Crippen molar-refractivity contribution in [2.45, 2.75) is 40.0 Å². The van der Waals surface area contributed by atoms with Crippen molar-refractivity contribution in [3.05, 3.63) is 52.7 Å². The molecule has 0 spiro atoms. The Hall–Kier alpha value is -2.34. The molecule has 1 aromatic carbocycles. The molecule has 21 heavy (non-hydrogen) atoms. The molecule has 3 nitrogen and oxygen atoms in total. The lowest BCUT2D eigenvalue weighted by atomic mass is 10.1. The Bertz CT molecular complexity index is 654. The number of rotatable bonds is 5. The van der Waals surface area contributed by atoms with E-state index in [-0.39, 0.29) is 0 Å². The molecule has 0 saturated heterocycles. The predicted octanol–water partition coefficient (Wildman–Crippen LogP) is 4.71. The van der Waals surface area contributed by atoms with E-state index in [0.29, 0.717) is 17.2 Å². The second kappa shape index (κ2) is 6.90. The molecule has 0 unspecified atom stereocenters. The van der Waals surface area contributed by atoms with Crippen molar-refractivity contribution in [3.8, 4) is 17.7 Å². The maximum absolute atomic E-state index is 9.24. The molecule has 0 aliphatic rings. The Balaban J connectivity index is 2.20. The van der Waals surface area contributed by atoms with Crippen molar-refractivity contribution in [2.75, 3.05) is 0 Å². The second-order valence-corrected chi connectivity index (χ2v) is 5.22. The number of nitriles is 1. The van der Waals surface area contributed by atoms with E-state index >= 15 is 0 Å². The van der Waals surface area contributed by atoms with Gasteiger partial charge in [0.1, 0.15) is 17.4 Å². The smallest absolute Gasteiger partial charge is 0.237 e. The monoisotopic (exact) mass is 280 g/mol. The lowest BCUT2D eigenvalue weighted by Gasteiger charge is -2.10. The van der Waals surface area contributed by atoms with Crippen LogP contribution in [0.5, 0.6) is 11.6 Å². The largest absolute Gasteiger partial charge is 0.438 e. The average Bonchev–Trinajstić information content (AvgIpc) is 2.46. The van der Waals surface area contributed by atoms with E-state index in [0.717, 1.165) is 17.7 Å². The van der Waals surface area contributed by atoms with E-state index < -0.39 is 0 Å². The lowest BCUT2D eigenvalue weighted by molar-refractivity contribution is 0.459. The standard InChI is InChI=1S/C18H20N2O/c1-4-5-6-15-7-9-16(10-8-15)21-18-17(12-19)13(2)11-14(3)20-18/h7-11H,4-6H2,1-3H3. The predicted molar refractivity (Wildman–Crippen MR) is 83.6 cm³/mol. The third kappa shape index (κ3) is 3.82. The van der Waals surface area contributed by atoms with E-state index in [2.05, 4.69) is 30.1 Å². The normalized spacial score (nSPS) is 10.2. The van der Waals surface area contributed by atoms with Crippen LogP contribution in [0.25, 0.3) is 0 Å². The highest BCUT2D eigenvalue weighted by molar-refractivity contribution is 5.47. The first-order valence-electron chi connectivity index (χ1n) is 7.29. The maximum Gasteiger partial charge on any atom is 0.237 e. The molecule has 2 rings (SSSR count). The Morgan fingerprint density at radius 1 is 1.19 bits per heavy atom. The van der Waals surface area contributed by atoms with Gasteiger partial charge in [-0.3, -0.25) is 0 Å². The van der Waals surface area contributed by atoms with Crippen LogP contribution in [0.1, 0.15) is 42.1 Å². The summed E-state index contributed by atoms with van der Waals surface area (Å²) in [5.41, 5.74) is 3.54. The molecule has 0 aliphatic heterocycles. The number of hydrogen-bond donors (Lipinski definition) is 0. The Labute approximate surface area is 126 Å². The van der Waals surface area contributed by atoms with Crippen LogP contribution < -0.4 is 4.74 Å². The third-order valence-corrected chi connectivity index (χ3v) is 3.38. The number of pyridine rings is 1. The number of aromatic nitrogens is 1. The summed E-state index contributed by atoms with van der Waals surface area (Å²) < 4.78 is 5.79. The molecule has 0 saturated carbocycles. The van der Waals surface area contributed by atoms with Crippen molar-refractivity contribution >= 4 is 0 Å². The van der Waals surface area contributed by atoms with Gasteiger partial charge >= 0.3 is 0 Å². The summed E-state index contributed by atoms with van der Waals surface area (Å²) in [5, 5.41) is 9.24. The molecule has 3 heteroatoms. The van der Waals surface area contributed by atoms with E-state index in [9.17, 15) is 5.26 Å². The minimum Gasteiger partial charge on any atom is -0.438 e. The summed E-state index contributed by atoms with van der Waals surface area (Å²) in [6, 6.07) is 12.1. The highest BCUT2D eigenvalue weighted by Gasteiger charge is 2.10. The van der Waals surface area contributed by atoms with Crippen LogP contribution in [0, 0.1) is 25.2 Å². The lowest BCUT2D eigenvalue weighted by Crippen LogP contribution is -1.97. The molecule has 0 aliphatic carbocycles. The van der Waals surface area contributed by atoms with Crippen molar-refractivity contribution < 1.29 is 4.74 Å². The van der Waals surface area contributed by atoms with Gasteiger partial charge in [0.2, 0.25) is 5.88 Å². The summed E-state index contributed by atoms with van der Waals surface area (Å²) in [4.78, 5) is 4.33. The first kappa shape index (κ1) is 15.1. The van der Waals surface area contributed by atoms with Gasteiger partial charge in [-0.15, -0.1) is 0 Å². The molecule has 0 N–H and O–H groups in total. The Morgan fingerprint density at radius 3 is 2.52 bits per heavy atom. The SMILES string of the molecule is CCCCc1ccc(Oc2nc(C)cc(C)c2C#N)cc1. The van der Waals surface area contributed by atoms with E-state index in [1.165, 1.54) is 18.4 Å². The van der Waals surface area contributed by atoms with Gasteiger partial charge < -0.3 is 4.74 Å². The van der Waals surface area contributed by atoms with Crippen LogP contribution in [0.15, 0.2) is 30.3 Å². The van der Waals surface area contributed by atoms with Crippen LogP contribution in [-0.4, -0.2) is 4.98 Å². The van der Waals surface area contributed by atoms with Crippen LogP contribution in [0.2, 0.25) is 0 Å². The summed E-state index contributed by atoms with van der Waals surface area (Å²) in [6.45, 7) is 5.98. The molecule has 1 heterocycles. The van der Waals surface area contributed by atoms with E-state index in [4.69, 9.17) is 4.74 Å². The van der Waals surface area contributed by atoms with Crippen molar-refractivity contribution in [3.63, 3.8) is 0 Å². The number of benzene rings is 1. The fraction of sp³-hybridized carbons (Fsp3) is 0.333. The fourth-order valence-corrected chi connectivity index (χ4v) is 2.23. The molecular weight excluding hydrogens is 260 g/mol.